The van der Waals surface area contributed by atoms with Crippen LogP contribution in [0.3, 0.4) is 0 Å². The molecular weight excluding hydrogens is 250 g/mol. The molecule has 0 spiro atoms. The van der Waals surface area contributed by atoms with Gasteiger partial charge in [0.1, 0.15) is 17.0 Å². The van der Waals surface area contributed by atoms with E-state index in [0.717, 1.165) is 0 Å². The quantitative estimate of drug-likeness (QED) is 0.766. The van der Waals surface area contributed by atoms with E-state index in [1.54, 1.807) is 13.1 Å². The molecule has 0 unspecified atom stereocenters. The molecule has 1 aromatic carbocycles. The number of aryl methyl sites for hydroxylation is 1. The van der Waals surface area contributed by atoms with Crippen molar-refractivity contribution in [2.24, 2.45) is 7.05 Å². The number of anilines is 1. The number of nitrogens with zero attached hydrogens (tertiary/aromatic N) is 2. The maximum absolute atomic E-state index is 11.9. The van der Waals surface area contributed by atoms with Crippen LogP contribution in [0.2, 0.25) is 0 Å². The van der Waals surface area contributed by atoms with E-state index in [2.05, 4.69) is 10.4 Å². The number of carboxylic acids is 1. The summed E-state index contributed by atoms with van der Waals surface area (Å²) in [4.78, 5) is 22.6. The summed E-state index contributed by atoms with van der Waals surface area (Å²) in [6.07, 6.45) is 1.49. The predicted molar refractivity (Wildman–Crippen MR) is 66.2 cm³/mol. The number of aromatic nitrogens is 2. The Morgan fingerprint density at radius 3 is 2.58 bits per heavy atom. The van der Waals surface area contributed by atoms with Gasteiger partial charge in [-0.15, -0.1) is 0 Å². The molecule has 0 aliphatic rings. The molecule has 0 atom stereocenters. The third-order valence-corrected chi connectivity index (χ3v) is 2.54. The molecule has 0 saturated heterocycles. The zero-order valence-electron chi connectivity index (χ0n) is 9.99. The lowest BCUT2D eigenvalue weighted by atomic mass is 10.2. The van der Waals surface area contributed by atoms with E-state index in [-0.39, 0.29) is 5.56 Å². The summed E-state index contributed by atoms with van der Waals surface area (Å²) in [7, 11) is 1.62. The van der Waals surface area contributed by atoms with Gasteiger partial charge in [-0.25, -0.2) is 4.79 Å². The number of nitrogens with one attached hydrogen (secondary N) is 1. The van der Waals surface area contributed by atoms with Crippen LogP contribution in [0.1, 0.15) is 20.8 Å². The first kappa shape index (κ1) is 12.6. The van der Waals surface area contributed by atoms with E-state index in [1.807, 2.05) is 0 Å². The van der Waals surface area contributed by atoms with Gasteiger partial charge in [-0.1, -0.05) is 0 Å². The minimum absolute atomic E-state index is 0.224. The maximum atomic E-state index is 11.9. The van der Waals surface area contributed by atoms with Crippen molar-refractivity contribution in [2.45, 2.75) is 0 Å². The zero-order chi connectivity index (χ0) is 14.0. The first-order valence-corrected chi connectivity index (χ1v) is 5.34. The van der Waals surface area contributed by atoms with Crippen molar-refractivity contribution in [3.05, 3.63) is 41.7 Å². The first-order valence-electron chi connectivity index (χ1n) is 5.34. The lowest BCUT2D eigenvalue weighted by Gasteiger charge is -2.07. The maximum Gasteiger partial charge on any atom is 0.339 e. The van der Waals surface area contributed by atoms with Crippen molar-refractivity contribution in [2.75, 3.05) is 5.32 Å². The second-order valence-corrected chi connectivity index (χ2v) is 3.83. The van der Waals surface area contributed by atoms with Gasteiger partial charge in [0.05, 0.1) is 0 Å². The third-order valence-electron chi connectivity index (χ3n) is 2.54. The van der Waals surface area contributed by atoms with Crippen molar-refractivity contribution in [1.29, 1.82) is 0 Å². The fourth-order valence-electron chi connectivity index (χ4n) is 1.58. The number of carboxylic acid groups (broad SMARTS) is 1. The molecule has 2 rings (SSSR count). The Morgan fingerprint density at radius 1 is 1.32 bits per heavy atom. The number of rotatable bonds is 3. The summed E-state index contributed by atoms with van der Waals surface area (Å²) in [5, 5.41) is 24.7. The van der Waals surface area contributed by atoms with Crippen LogP contribution in [-0.2, 0) is 7.05 Å². The SMILES string of the molecule is Cn1nccc1C(=O)Nc1ccc(C(=O)O)c(O)c1. The van der Waals surface area contributed by atoms with Gasteiger partial charge in [0, 0.05) is 25.0 Å². The first-order chi connectivity index (χ1) is 8.99. The average molecular weight is 261 g/mol. The van der Waals surface area contributed by atoms with Crippen molar-refractivity contribution in [3.63, 3.8) is 0 Å². The number of hydrogen-bond acceptors (Lipinski definition) is 4. The minimum atomic E-state index is -1.23. The van der Waals surface area contributed by atoms with Gasteiger partial charge < -0.3 is 15.5 Å². The van der Waals surface area contributed by atoms with Crippen LogP contribution in [-0.4, -0.2) is 31.9 Å². The van der Waals surface area contributed by atoms with Gasteiger partial charge in [0.25, 0.3) is 5.91 Å². The van der Waals surface area contributed by atoms with Crippen molar-refractivity contribution >= 4 is 17.6 Å². The average Bonchev–Trinajstić information content (AvgIpc) is 2.75. The molecule has 0 radical (unpaired) electrons. The van der Waals surface area contributed by atoms with Gasteiger partial charge >= 0.3 is 5.97 Å². The number of aromatic carboxylic acids is 1. The largest absolute Gasteiger partial charge is 0.507 e. The molecular formula is C12H11N3O4. The standard InChI is InChI=1S/C12H11N3O4/c1-15-9(4-5-13-15)11(17)14-7-2-3-8(12(18)19)10(16)6-7/h2-6,16H,1H3,(H,14,17)(H,18,19). The van der Waals surface area contributed by atoms with Gasteiger partial charge in [0.15, 0.2) is 0 Å². The highest BCUT2D eigenvalue weighted by molar-refractivity contribution is 6.03. The molecule has 0 aliphatic carbocycles. The smallest absolute Gasteiger partial charge is 0.339 e. The number of phenols is 1. The molecule has 98 valence electrons. The van der Waals surface area contributed by atoms with Crippen LogP contribution in [0.5, 0.6) is 5.75 Å². The van der Waals surface area contributed by atoms with Crippen LogP contribution in [0.15, 0.2) is 30.5 Å². The fraction of sp³-hybridized carbons (Fsp3) is 0.0833. The topological polar surface area (TPSA) is 104 Å². The molecule has 0 aliphatic heterocycles. The summed E-state index contributed by atoms with van der Waals surface area (Å²) >= 11 is 0. The Kier molecular flexibility index (Phi) is 3.19. The lowest BCUT2D eigenvalue weighted by molar-refractivity contribution is 0.0693. The molecule has 1 aromatic heterocycles. The van der Waals surface area contributed by atoms with Gasteiger partial charge in [-0.3, -0.25) is 9.48 Å². The second-order valence-electron chi connectivity index (χ2n) is 3.83. The van der Waals surface area contributed by atoms with E-state index < -0.39 is 17.6 Å². The van der Waals surface area contributed by atoms with Crippen LogP contribution in [0.4, 0.5) is 5.69 Å². The van der Waals surface area contributed by atoms with E-state index >= 15 is 0 Å². The van der Waals surface area contributed by atoms with Crippen LogP contribution in [0, 0.1) is 0 Å². The fourth-order valence-corrected chi connectivity index (χ4v) is 1.58. The van der Waals surface area contributed by atoms with E-state index in [0.29, 0.717) is 11.4 Å². The highest BCUT2D eigenvalue weighted by Crippen LogP contribution is 2.22. The summed E-state index contributed by atoms with van der Waals surface area (Å²) in [5.74, 6) is -2.04. The Hall–Kier alpha value is -2.83. The predicted octanol–water partition coefficient (Wildman–Crippen LogP) is 1.08. The monoisotopic (exact) mass is 261 g/mol. The number of carbonyl (C=O) groups is 2. The molecule has 0 bridgehead atoms. The highest BCUT2D eigenvalue weighted by Gasteiger charge is 2.13. The number of benzene rings is 1. The van der Waals surface area contributed by atoms with Gasteiger partial charge in [-0.2, -0.15) is 5.10 Å². The molecule has 19 heavy (non-hydrogen) atoms. The highest BCUT2D eigenvalue weighted by atomic mass is 16.4. The molecule has 7 nitrogen and oxygen atoms in total. The van der Waals surface area contributed by atoms with Gasteiger partial charge in [-0.05, 0) is 18.2 Å². The number of amides is 1. The molecule has 1 heterocycles. The minimum Gasteiger partial charge on any atom is -0.507 e. The lowest BCUT2D eigenvalue weighted by Crippen LogP contribution is -2.16. The van der Waals surface area contributed by atoms with E-state index in [9.17, 15) is 14.7 Å². The number of aromatic hydroxyl groups is 1. The van der Waals surface area contributed by atoms with Gasteiger partial charge in [0.2, 0.25) is 0 Å². The zero-order valence-corrected chi connectivity index (χ0v) is 9.99. The molecule has 2 aromatic rings. The molecule has 0 saturated carbocycles. The molecule has 1 amide bonds. The Balaban J connectivity index is 2.21. The van der Waals surface area contributed by atoms with E-state index in [1.165, 1.54) is 29.1 Å². The summed E-state index contributed by atoms with van der Waals surface area (Å²) in [5.41, 5.74) is 0.425. The molecule has 3 N–H and O–H groups in total. The normalized spacial score (nSPS) is 10.2. The summed E-state index contributed by atoms with van der Waals surface area (Å²) < 4.78 is 1.40. The van der Waals surface area contributed by atoms with Crippen molar-refractivity contribution < 1.29 is 19.8 Å². The Morgan fingerprint density at radius 2 is 2.05 bits per heavy atom. The summed E-state index contributed by atoms with van der Waals surface area (Å²) in [6, 6.07) is 5.34. The van der Waals surface area contributed by atoms with Crippen LogP contribution < -0.4 is 5.32 Å². The number of hydrogen-bond donors (Lipinski definition) is 3. The van der Waals surface area contributed by atoms with Crippen molar-refractivity contribution in [1.82, 2.24) is 9.78 Å². The van der Waals surface area contributed by atoms with Crippen LogP contribution >= 0.6 is 0 Å². The molecule has 0 fully saturated rings. The molecule has 7 heteroatoms. The second kappa shape index (κ2) is 4.81. The van der Waals surface area contributed by atoms with E-state index in [4.69, 9.17) is 5.11 Å². The Bertz CT molecular complexity index is 648. The van der Waals surface area contributed by atoms with Crippen LogP contribution in [0.25, 0.3) is 0 Å². The summed E-state index contributed by atoms with van der Waals surface area (Å²) in [6.45, 7) is 0. The number of carbonyl (C=O) groups excluding carboxylic acids is 1. The van der Waals surface area contributed by atoms with Crippen molar-refractivity contribution in [3.8, 4) is 5.75 Å². The third kappa shape index (κ3) is 2.54. The Labute approximate surface area is 108 Å².